The Kier molecular flexibility index (Phi) is 9.50. The maximum atomic E-state index is 12.0. The summed E-state index contributed by atoms with van der Waals surface area (Å²) in [5.41, 5.74) is 5.89. The summed E-state index contributed by atoms with van der Waals surface area (Å²) in [5, 5.41) is 3.05. The van der Waals surface area contributed by atoms with E-state index in [-0.39, 0.29) is 24.2 Å². The van der Waals surface area contributed by atoms with Crippen LogP contribution in [-0.4, -0.2) is 42.5 Å². The molecule has 1 heterocycles. The van der Waals surface area contributed by atoms with Crippen molar-refractivity contribution < 1.29 is 4.79 Å². The number of halogens is 1. The summed E-state index contributed by atoms with van der Waals surface area (Å²) in [7, 11) is 0. The SMILES string of the molecule is CC1CCN(C(CNC(=O)[C@@H](N)C(C)C)C(C)C)CC1.Cl. The molecule has 1 fully saturated rings. The van der Waals surface area contributed by atoms with E-state index in [1.165, 1.54) is 12.8 Å². The summed E-state index contributed by atoms with van der Waals surface area (Å²) in [6, 6.07) is 0.0232. The van der Waals surface area contributed by atoms with Crippen molar-refractivity contribution in [1.29, 1.82) is 0 Å². The second-order valence-electron chi connectivity index (χ2n) is 7.04. The van der Waals surface area contributed by atoms with E-state index in [9.17, 15) is 4.79 Å². The molecule has 21 heavy (non-hydrogen) atoms. The molecule has 2 atom stereocenters. The predicted octanol–water partition coefficient (Wildman–Crippen LogP) is 2.26. The number of hydrogen-bond donors (Lipinski definition) is 2. The predicted molar refractivity (Wildman–Crippen MR) is 91.7 cm³/mol. The van der Waals surface area contributed by atoms with Crippen LogP contribution in [0.4, 0.5) is 0 Å². The Balaban J connectivity index is 0.00000400. The minimum absolute atomic E-state index is 0. The molecule has 0 bridgehead atoms. The van der Waals surface area contributed by atoms with Gasteiger partial charge in [-0.15, -0.1) is 12.4 Å². The standard InChI is InChI=1S/C16H33N3O.ClH/c1-11(2)14(19-8-6-13(5)7-9-19)10-18-16(20)15(17)12(3)4;/h11-15H,6-10,17H2,1-5H3,(H,18,20);1H/t14?,15-;/m0./s1. The molecule has 0 spiro atoms. The van der Waals surface area contributed by atoms with Crippen molar-refractivity contribution in [1.82, 2.24) is 10.2 Å². The Labute approximate surface area is 136 Å². The number of nitrogens with two attached hydrogens (primary N) is 1. The van der Waals surface area contributed by atoms with Gasteiger partial charge in [0.15, 0.2) is 0 Å². The molecule has 126 valence electrons. The molecule has 0 radical (unpaired) electrons. The maximum absolute atomic E-state index is 12.0. The van der Waals surface area contributed by atoms with Crippen LogP contribution in [0.2, 0.25) is 0 Å². The topological polar surface area (TPSA) is 58.4 Å². The third kappa shape index (κ3) is 6.54. The van der Waals surface area contributed by atoms with Gasteiger partial charge in [0.25, 0.3) is 0 Å². The number of nitrogens with zero attached hydrogens (tertiary/aromatic N) is 1. The van der Waals surface area contributed by atoms with E-state index >= 15 is 0 Å². The lowest BCUT2D eigenvalue weighted by atomic mass is 9.94. The first-order valence-electron chi connectivity index (χ1n) is 8.10. The van der Waals surface area contributed by atoms with E-state index in [4.69, 9.17) is 5.73 Å². The highest BCUT2D eigenvalue weighted by atomic mass is 35.5. The largest absolute Gasteiger partial charge is 0.353 e. The third-order valence-electron chi connectivity index (χ3n) is 4.56. The monoisotopic (exact) mass is 319 g/mol. The van der Waals surface area contributed by atoms with Gasteiger partial charge in [-0.25, -0.2) is 0 Å². The molecule has 4 nitrogen and oxygen atoms in total. The van der Waals surface area contributed by atoms with Crippen molar-refractivity contribution in [3.63, 3.8) is 0 Å². The van der Waals surface area contributed by atoms with Crippen LogP contribution in [0.5, 0.6) is 0 Å². The summed E-state index contributed by atoms with van der Waals surface area (Å²) >= 11 is 0. The van der Waals surface area contributed by atoms with Crippen LogP contribution in [0.1, 0.15) is 47.5 Å². The highest BCUT2D eigenvalue weighted by Gasteiger charge is 2.26. The fourth-order valence-corrected chi connectivity index (χ4v) is 2.77. The minimum atomic E-state index is -0.399. The van der Waals surface area contributed by atoms with Crippen molar-refractivity contribution in [2.45, 2.75) is 59.5 Å². The Morgan fingerprint density at radius 2 is 1.71 bits per heavy atom. The van der Waals surface area contributed by atoms with Crippen molar-refractivity contribution >= 4 is 18.3 Å². The van der Waals surface area contributed by atoms with E-state index in [1.54, 1.807) is 0 Å². The molecule has 1 amide bonds. The Morgan fingerprint density at radius 3 is 2.14 bits per heavy atom. The first kappa shape index (κ1) is 20.7. The van der Waals surface area contributed by atoms with Gasteiger partial charge in [-0.05, 0) is 43.7 Å². The number of likely N-dealkylation sites (tertiary alicyclic amines) is 1. The minimum Gasteiger partial charge on any atom is -0.353 e. The second kappa shape index (κ2) is 9.65. The molecule has 3 N–H and O–H groups in total. The van der Waals surface area contributed by atoms with Gasteiger partial charge in [-0.3, -0.25) is 9.69 Å². The lowest BCUT2D eigenvalue weighted by Gasteiger charge is -2.39. The van der Waals surface area contributed by atoms with E-state index < -0.39 is 6.04 Å². The summed E-state index contributed by atoms with van der Waals surface area (Å²) in [5.74, 6) is 1.54. The van der Waals surface area contributed by atoms with Crippen LogP contribution in [0, 0.1) is 17.8 Å². The molecule has 0 aliphatic carbocycles. The van der Waals surface area contributed by atoms with Gasteiger partial charge in [0.1, 0.15) is 0 Å². The normalized spacial score (nSPS) is 20.2. The zero-order chi connectivity index (χ0) is 15.3. The molecule has 5 heteroatoms. The average molecular weight is 320 g/mol. The van der Waals surface area contributed by atoms with Crippen molar-refractivity contribution in [2.24, 2.45) is 23.5 Å². The Hall–Kier alpha value is -0.320. The Bertz CT molecular complexity index is 302. The molecule has 1 saturated heterocycles. The summed E-state index contributed by atoms with van der Waals surface area (Å²) < 4.78 is 0. The van der Waals surface area contributed by atoms with Gasteiger partial charge >= 0.3 is 0 Å². The van der Waals surface area contributed by atoms with Crippen LogP contribution < -0.4 is 11.1 Å². The van der Waals surface area contributed by atoms with Gasteiger partial charge in [-0.2, -0.15) is 0 Å². The number of rotatable bonds is 6. The zero-order valence-electron chi connectivity index (χ0n) is 14.3. The lowest BCUT2D eigenvalue weighted by molar-refractivity contribution is -0.123. The molecule has 0 saturated carbocycles. The average Bonchev–Trinajstić information content (AvgIpc) is 2.39. The van der Waals surface area contributed by atoms with Gasteiger partial charge in [0.05, 0.1) is 6.04 Å². The van der Waals surface area contributed by atoms with Crippen LogP contribution >= 0.6 is 12.4 Å². The summed E-state index contributed by atoms with van der Waals surface area (Å²) in [4.78, 5) is 14.5. The van der Waals surface area contributed by atoms with Crippen LogP contribution in [-0.2, 0) is 4.79 Å². The lowest BCUT2D eigenvalue weighted by Crippen LogP contribution is -2.52. The molecule has 0 aromatic heterocycles. The maximum Gasteiger partial charge on any atom is 0.237 e. The second-order valence-corrected chi connectivity index (χ2v) is 7.04. The molecular formula is C16H34ClN3O. The first-order valence-corrected chi connectivity index (χ1v) is 8.10. The molecule has 1 rings (SSSR count). The molecule has 1 aliphatic heterocycles. The van der Waals surface area contributed by atoms with Crippen LogP contribution in [0.25, 0.3) is 0 Å². The van der Waals surface area contributed by atoms with Crippen molar-refractivity contribution in [2.75, 3.05) is 19.6 Å². The number of carbonyl (C=O) groups is 1. The van der Waals surface area contributed by atoms with Crippen molar-refractivity contribution in [3.05, 3.63) is 0 Å². The van der Waals surface area contributed by atoms with E-state index in [0.29, 0.717) is 18.5 Å². The number of piperidine rings is 1. The van der Waals surface area contributed by atoms with E-state index in [0.717, 1.165) is 19.0 Å². The zero-order valence-corrected chi connectivity index (χ0v) is 15.1. The molecule has 1 aliphatic rings. The fourth-order valence-electron chi connectivity index (χ4n) is 2.77. The highest BCUT2D eigenvalue weighted by molar-refractivity contribution is 5.85. The Morgan fingerprint density at radius 1 is 1.19 bits per heavy atom. The number of nitrogens with one attached hydrogen (secondary N) is 1. The number of amides is 1. The van der Waals surface area contributed by atoms with Gasteiger partial charge in [0, 0.05) is 12.6 Å². The van der Waals surface area contributed by atoms with Gasteiger partial charge in [0.2, 0.25) is 5.91 Å². The summed E-state index contributed by atoms with van der Waals surface area (Å²) in [6.45, 7) is 13.8. The van der Waals surface area contributed by atoms with Gasteiger partial charge < -0.3 is 11.1 Å². The van der Waals surface area contributed by atoms with E-state index in [2.05, 4.69) is 31.0 Å². The number of carbonyl (C=O) groups excluding carboxylic acids is 1. The molecule has 0 aromatic rings. The quantitative estimate of drug-likeness (QED) is 0.789. The summed E-state index contributed by atoms with van der Waals surface area (Å²) in [6.07, 6.45) is 2.53. The first-order chi connectivity index (χ1) is 9.32. The van der Waals surface area contributed by atoms with Gasteiger partial charge in [-0.1, -0.05) is 34.6 Å². The highest BCUT2D eigenvalue weighted by Crippen LogP contribution is 2.21. The third-order valence-corrected chi connectivity index (χ3v) is 4.56. The molecule has 0 aromatic carbocycles. The van der Waals surface area contributed by atoms with E-state index in [1.807, 2.05) is 13.8 Å². The smallest absolute Gasteiger partial charge is 0.237 e. The molecule has 1 unspecified atom stereocenters. The van der Waals surface area contributed by atoms with Crippen LogP contribution in [0.3, 0.4) is 0 Å². The number of hydrogen-bond acceptors (Lipinski definition) is 3. The van der Waals surface area contributed by atoms with Crippen molar-refractivity contribution in [3.8, 4) is 0 Å². The molecular weight excluding hydrogens is 286 g/mol. The fraction of sp³-hybridized carbons (Fsp3) is 0.938. The van der Waals surface area contributed by atoms with Crippen LogP contribution in [0.15, 0.2) is 0 Å².